The summed E-state index contributed by atoms with van der Waals surface area (Å²) < 4.78 is 6.27. The van der Waals surface area contributed by atoms with E-state index in [1.165, 1.54) is 18.7 Å². The lowest BCUT2D eigenvalue weighted by Crippen LogP contribution is -2.34. The number of aryl methyl sites for hydroxylation is 1. The zero-order chi connectivity index (χ0) is 21.1. The molecule has 29 heavy (non-hydrogen) atoms. The summed E-state index contributed by atoms with van der Waals surface area (Å²) in [6.07, 6.45) is 1.77. The number of anilines is 1. The van der Waals surface area contributed by atoms with Gasteiger partial charge in [0.05, 0.1) is 13.2 Å². The number of aromatic carboxylic acids is 1. The highest BCUT2D eigenvalue weighted by molar-refractivity contribution is 5.88. The first-order valence-corrected chi connectivity index (χ1v) is 8.93. The molecule has 2 heterocycles. The topological polar surface area (TPSA) is 97.6 Å². The van der Waals surface area contributed by atoms with E-state index in [9.17, 15) is 14.7 Å². The predicted octanol–water partition coefficient (Wildman–Crippen LogP) is 2.42. The predicted molar refractivity (Wildman–Crippen MR) is 109 cm³/mol. The van der Waals surface area contributed by atoms with E-state index >= 15 is 0 Å². The molecule has 0 amide bonds. The third-order valence-electron chi connectivity index (χ3n) is 4.70. The largest absolute Gasteiger partial charge is 0.489 e. The molecule has 0 saturated heterocycles. The molecule has 0 bridgehead atoms. The van der Waals surface area contributed by atoms with Crippen molar-refractivity contribution in [3.63, 3.8) is 0 Å². The van der Waals surface area contributed by atoms with Gasteiger partial charge in [-0.05, 0) is 24.1 Å². The first kappa shape index (κ1) is 20.1. The fraction of sp³-hybridized carbons (Fsp3) is 0.238. The molecule has 0 aliphatic carbocycles. The van der Waals surface area contributed by atoms with Crippen molar-refractivity contribution in [1.29, 1.82) is 0 Å². The number of methoxy groups -OCH3 is 1. The minimum absolute atomic E-state index is 0.197. The van der Waals surface area contributed by atoms with E-state index in [4.69, 9.17) is 4.74 Å². The molecule has 3 aromatic rings. The second-order valence-corrected chi connectivity index (χ2v) is 6.62. The van der Waals surface area contributed by atoms with Gasteiger partial charge in [-0.15, -0.1) is 0 Å². The average molecular weight is 394 g/mol. The van der Waals surface area contributed by atoms with Gasteiger partial charge >= 0.3 is 5.97 Å². The maximum atomic E-state index is 12.7. The number of hydrogen-bond acceptors (Lipinski definition) is 6. The van der Waals surface area contributed by atoms with Gasteiger partial charge in [-0.25, -0.2) is 9.78 Å². The van der Waals surface area contributed by atoms with Crippen LogP contribution in [0, 0.1) is 6.92 Å². The Kier molecular flexibility index (Phi) is 5.63. The van der Waals surface area contributed by atoms with Crippen molar-refractivity contribution in [3.8, 4) is 5.75 Å². The Balaban J connectivity index is 2.21. The van der Waals surface area contributed by atoms with Crippen molar-refractivity contribution in [2.75, 3.05) is 19.1 Å². The van der Waals surface area contributed by atoms with Crippen LogP contribution in [0.2, 0.25) is 0 Å². The molecule has 8 heteroatoms. The Hall–Kier alpha value is -3.68. The van der Waals surface area contributed by atoms with Crippen molar-refractivity contribution in [2.24, 2.45) is 7.05 Å². The molecule has 0 spiro atoms. The number of ether oxygens (including phenoxy) is 1. The maximum Gasteiger partial charge on any atom is 0.358 e. The standard InChI is InChI=1S/C21H22N4O4/c1-13-10-11-15(12-22-13)17(14-8-6-5-7-9-14)24(2)21-23-16(20(27)28)18(29-4)19(26)25(21)3/h5-12,17H,1-4H3,(H,27,28). The van der Waals surface area contributed by atoms with Gasteiger partial charge in [0, 0.05) is 26.0 Å². The first-order chi connectivity index (χ1) is 13.8. The quantitative estimate of drug-likeness (QED) is 0.686. The summed E-state index contributed by atoms with van der Waals surface area (Å²) in [5, 5.41) is 9.50. The van der Waals surface area contributed by atoms with Crippen molar-refractivity contribution in [3.05, 3.63) is 81.5 Å². The third-order valence-corrected chi connectivity index (χ3v) is 4.70. The highest BCUT2D eigenvalue weighted by atomic mass is 16.5. The number of aromatic nitrogens is 3. The molecule has 0 aliphatic rings. The maximum absolute atomic E-state index is 12.7. The summed E-state index contributed by atoms with van der Waals surface area (Å²) >= 11 is 0. The van der Waals surface area contributed by atoms with E-state index < -0.39 is 17.2 Å². The van der Waals surface area contributed by atoms with Crippen LogP contribution in [0.15, 0.2) is 53.5 Å². The highest BCUT2D eigenvalue weighted by Crippen LogP contribution is 2.30. The monoisotopic (exact) mass is 394 g/mol. The molecule has 1 aromatic carbocycles. The Morgan fingerprint density at radius 1 is 1.17 bits per heavy atom. The first-order valence-electron chi connectivity index (χ1n) is 8.93. The van der Waals surface area contributed by atoms with E-state index in [1.54, 1.807) is 18.1 Å². The fourth-order valence-corrected chi connectivity index (χ4v) is 3.25. The van der Waals surface area contributed by atoms with Crippen LogP contribution in [0.3, 0.4) is 0 Å². The summed E-state index contributed by atoms with van der Waals surface area (Å²) in [7, 11) is 4.54. The van der Waals surface area contributed by atoms with Crippen LogP contribution in [0.25, 0.3) is 0 Å². The lowest BCUT2D eigenvalue weighted by molar-refractivity contribution is 0.0685. The molecule has 0 fully saturated rings. The van der Waals surface area contributed by atoms with E-state index in [0.29, 0.717) is 0 Å². The summed E-state index contributed by atoms with van der Waals surface area (Å²) in [5.74, 6) is -1.43. The SMILES string of the molecule is COc1c(C(=O)O)nc(N(C)C(c2ccccc2)c2ccc(C)nc2)n(C)c1=O. The lowest BCUT2D eigenvalue weighted by atomic mass is 9.99. The zero-order valence-corrected chi connectivity index (χ0v) is 16.7. The smallest absolute Gasteiger partial charge is 0.358 e. The van der Waals surface area contributed by atoms with Gasteiger partial charge in [-0.1, -0.05) is 36.4 Å². The number of benzene rings is 1. The van der Waals surface area contributed by atoms with E-state index in [-0.39, 0.29) is 17.7 Å². The molecule has 1 N–H and O–H groups in total. The van der Waals surface area contributed by atoms with Crippen LogP contribution in [-0.4, -0.2) is 39.8 Å². The van der Waals surface area contributed by atoms with Crippen molar-refractivity contribution in [1.82, 2.24) is 14.5 Å². The van der Waals surface area contributed by atoms with Gasteiger partial charge in [0.1, 0.15) is 0 Å². The number of carboxylic acid groups (broad SMARTS) is 1. The number of nitrogens with zero attached hydrogens (tertiary/aromatic N) is 4. The molecule has 3 rings (SSSR count). The molecule has 8 nitrogen and oxygen atoms in total. The van der Waals surface area contributed by atoms with Gasteiger partial charge in [-0.3, -0.25) is 14.3 Å². The summed E-state index contributed by atoms with van der Waals surface area (Å²) in [4.78, 5) is 34.7. The zero-order valence-electron chi connectivity index (χ0n) is 16.7. The van der Waals surface area contributed by atoms with Crippen molar-refractivity contribution >= 4 is 11.9 Å². The van der Waals surface area contributed by atoms with Crippen LogP contribution in [0.5, 0.6) is 5.75 Å². The number of carbonyl (C=O) groups is 1. The number of hydrogen-bond donors (Lipinski definition) is 1. The Morgan fingerprint density at radius 3 is 2.41 bits per heavy atom. The Bertz CT molecular complexity index is 1080. The van der Waals surface area contributed by atoms with Gasteiger partial charge < -0.3 is 14.7 Å². The third kappa shape index (κ3) is 3.82. The van der Waals surface area contributed by atoms with Crippen molar-refractivity contribution in [2.45, 2.75) is 13.0 Å². The number of carboxylic acids is 1. The lowest BCUT2D eigenvalue weighted by Gasteiger charge is -2.31. The summed E-state index contributed by atoms with van der Waals surface area (Å²) in [6.45, 7) is 1.90. The van der Waals surface area contributed by atoms with Gasteiger partial charge in [0.15, 0.2) is 5.69 Å². The molecule has 1 atom stereocenters. The molecule has 1 unspecified atom stereocenters. The molecule has 0 saturated carbocycles. The Labute approximate surface area is 168 Å². The van der Waals surface area contributed by atoms with Crippen LogP contribution in [0.4, 0.5) is 5.95 Å². The van der Waals surface area contributed by atoms with Gasteiger partial charge in [0.25, 0.3) is 5.56 Å². The van der Waals surface area contributed by atoms with E-state index in [2.05, 4.69) is 9.97 Å². The van der Waals surface area contributed by atoms with Crippen LogP contribution < -0.4 is 15.2 Å². The minimum Gasteiger partial charge on any atom is -0.489 e. The van der Waals surface area contributed by atoms with Crippen LogP contribution >= 0.6 is 0 Å². The highest BCUT2D eigenvalue weighted by Gasteiger charge is 2.27. The molecule has 2 aromatic heterocycles. The molecule has 150 valence electrons. The Morgan fingerprint density at radius 2 is 1.86 bits per heavy atom. The van der Waals surface area contributed by atoms with Gasteiger partial charge in [-0.2, -0.15) is 0 Å². The summed E-state index contributed by atoms with van der Waals surface area (Å²) in [5.41, 5.74) is 1.71. The van der Waals surface area contributed by atoms with Crippen LogP contribution in [0.1, 0.15) is 33.4 Å². The summed E-state index contributed by atoms with van der Waals surface area (Å²) in [6, 6.07) is 13.2. The molecular weight excluding hydrogens is 372 g/mol. The fourth-order valence-electron chi connectivity index (χ4n) is 3.25. The average Bonchev–Trinajstić information content (AvgIpc) is 2.72. The van der Waals surface area contributed by atoms with E-state index in [0.717, 1.165) is 16.8 Å². The minimum atomic E-state index is -1.33. The molecular formula is C21H22N4O4. The second kappa shape index (κ2) is 8.14. The second-order valence-electron chi connectivity index (χ2n) is 6.62. The molecule has 0 aliphatic heterocycles. The van der Waals surface area contributed by atoms with Gasteiger partial charge in [0.2, 0.25) is 11.7 Å². The van der Waals surface area contributed by atoms with E-state index in [1.807, 2.05) is 49.4 Å². The van der Waals surface area contributed by atoms with Crippen molar-refractivity contribution < 1.29 is 14.6 Å². The number of rotatable bonds is 6. The molecule has 0 radical (unpaired) electrons. The normalized spacial score (nSPS) is 11.7. The number of pyridine rings is 1. The van der Waals surface area contributed by atoms with Crippen LogP contribution in [-0.2, 0) is 7.05 Å².